The summed E-state index contributed by atoms with van der Waals surface area (Å²) in [5.41, 5.74) is 1.15. The van der Waals surface area contributed by atoms with Crippen LogP contribution < -0.4 is 10.9 Å². The number of hydrogen-bond acceptors (Lipinski definition) is 5. The lowest BCUT2D eigenvalue weighted by Gasteiger charge is -2.33. The van der Waals surface area contributed by atoms with Gasteiger partial charge in [-0.3, -0.25) is 19.1 Å². The summed E-state index contributed by atoms with van der Waals surface area (Å²) < 4.78 is 1.88. The Kier molecular flexibility index (Phi) is 5.77. The molecule has 1 aliphatic heterocycles. The zero-order valence-corrected chi connectivity index (χ0v) is 16.9. The number of aryl methyl sites for hydroxylation is 3. The molecule has 1 fully saturated rings. The zero-order chi connectivity index (χ0) is 18.8. The highest BCUT2D eigenvalue weighted by atomic mass is 32.1. The first-order valence-electron chi connectivity index (χ1n) is 9.40. The molecule has 7 heteroatoms. The van der Waals surface area contributed by atoms with Gasteiger partial charge in [-0.25, -0.2) is 4.98 Å². The summed E-state index contributed by atoms with van der Waals surface area (Å²) in [7, 11) is 0. The Morgan fingerprint density at radius 2 is 1.96 bits per heavy atom. The molecule has 2 aromatic rings. The van der Waals surface area contributed by atoms with E-state index in [0.717, 1.165) is 65.4 Å². The molecule has 3 heterocycles. The average molecular weight is 377 g/mol. The summed E-state index contributed by atoms with van der Waals surface area (Å²) >= 11 is 1.60. The summed E-state index contributed by atoms with van der Waals surface area (Å²) in [6.07, 6.45) is 2.70. The molecule has 1 saturated heterocycles. The van der Waals surface area contributed by atoms with Gasteiger partial charge >= 0.3 is 0 Å². The van der Waals surface area contributed by atoms with E-state index in [4.69, 9.17) is 4.98 Å². The van der Waals surface area contributed by atoms with Crippen LogP contribution in [-0.2, 0) is 4.79 Å². The predicted molar refractivity (Wildman–Crippen MR) is 106 cm³/mol. The average Bonchev–Trinajstić information content (AvgIpc) is 2.88. The van der Waals surface area contributed by atoms with Crippen molar-refractivity contribution in [3.8, 4) is 0 Å². The monoisotopic (exact) mass is 376 g/mol. The quantitative estimate of drug-likeness (QED) is 0.871. The Labute approximate surface area is 158 Å². The van der Waals surface area contributed by atoms with Crippen LogP contribution in [0.3, 0.4) is 0 Å². The molecule has 3 rings (SSSR count). The van der Waals surface area contributed by atoms with Crippen molar-refractivity contribution >= 4 is 27.5 Å². The van der Waals surface area contributed by atoms with E-state index in [1.807, 2.05) is 32.3 Å². The fraction of sp³-hybridized carbons (Fsp3) is 0.632. The van der Waals surface area contributed by atoms with Crippen molar-refractivity contribution in [1.29, 1.82) is 0 Å². The van der Waals surface area contributed by atoms with Gasteiger partial charge in [0.05, 0.1) is 11.9 Å². The second-order valence-electron chi connectivity index (χ2n) is 7.15. The minimum atomic E-state index is 0.0890. The fourth-order valence-electron chi connectivity index (χ4n) is 3.70. The Balaban J connectivity index is 1.74. The lowest BCUT2D eigenvalue weighted by Crippen LogP contribution is -2.43. The molecule has 6 nitrogen and oxygen atoms in total. The molecular formula is C19H28N4O2S. The normalized spacial score (nSPS) is 16.3. The van der Waals surface area contributed by atoms with Gasteiger partial charge in [0.2, 0.25) is 5.91 Å². The minimum absolute atomic E-state index is 0.0890. The summed E-state index contributed by atoms with van der Waals surface area (Å²) in [5, 5.41) is 3.70. The van der Waals surface area contributed by atoms with E-state index in [1.165, 1.54) is 0 Å². The number of likely N-dealkylation sites (tertiary alicyclic amines) is 1. The van der Waals surface area contributed by atoms with Crippen molar-refractivity contribution in [3.05, 3.63) is 26.6 Å². The first kappa shape index (κ1) is 19.0. The van der Waals surface area contributed by atoms with E-state index < -0.39 is 0 Å². The van der Waals surface area contributed by atoms with Crippen LogP contribution in [-0.4, -0.2) is 46.5 Å². The van der Waals surface area contributed by atoms with Gasteiger partial charge in [0.15, 0.2) is 0 Å². The van der Waals surface area contributed by atoms with Crippen molar-refractivity contribution in [2.24, 2.45) is 0 Å². The largest absolute Gasteiger partial charge is 0.355 e. The molecule has 26 heavy (non-hydrogen) atoms. The van der Waals surface area contributed by atoms with E-state index in [2.05, 4.69) is 10.2 Å². The standard InChI is InChI=1S/C19H28N4O2S/c1-5-8-20-16(24)11-22-9-6-15(7-10-22)23-14(4)21-18-17(19(23)25)12(2)13(3)26-18/h15H,5-11H2,1-4H3,(H,20,24). The number of aromatic nitrogens is 2. The highest BCUT2D eigenvalue weighted by Crippen LogP contribution is 2.28. The second-order valence-corrected chi connectivity index (χ2v) is 8.36. The van der Waals surface area contributed by atoms with Crippen LogP contribution >= 0.6 is 11.3 Å². The van der Waals surface area contributed by atoms with Crippen LogP contribution in [0, 0.1) is 20.8 Å². The van der Waals surface area contributed by atoms with Crippen molar-refractivity contribution in [3.63, 3.8) is 0 Å². The number of rotatable bonds is 5. The molecule has 0 atom stereocenters. The van der Waals surface area contributed by atoms with Crippen molar-refractivity contribution < 1.29 is 4.79 Å². The van der Waals surface area contributed by atoms with Crippen LogP contribution in [0.15, 0.2) is 4.79 Å². The molecule has 0 radical (unpaired) electrons. The maximum Gasteiger partial charge on any atom is 0.262 e. The Morgan fingerprint density at radius 1 is 1.27 bits per heavy atom. The summed E-state index contributed by atoms with van der Waals surface area (Å²) in [6.45, 7) is 10.9. The number of nitrogens with zero attached hydrogens (tertiary/aromatic N) is 3. The molecule has 0 aliphatic carbocycles. The van der Waals surface area contributed by atoms with Gasteiger partial charge < -0.3 is 5.32 Å². The highest BCUT2D eigenvalue weighted by Gasteiger charge is 2.25. The zero-order valence-electron chi connectivity index (χ0n) is 16.1. The van der Waals surface area contributed by atoms with Gasteiger partial charge in [-0.05, 0) is 45.6 Å². The van der Waals surface area contributed by atoms with Crippen LogP contribution in [0.25, 0.3) is 10.2 Å². The number of carbonyl (C=O) groups excluding carboxylic acids is 1. The van der Waals surface area contributed by atoms with E-state index in [9.17, 15) is 9.59 Å². The first-order chi connectivity index (χ1) is 12.4. The Bertz CT molecular complexity index is 863. The number of thiophene rings is 1. The van der Waals surface area contributed by atoms with Gasteiger partial charge in [0, 0.05) is 30.6 Å². The molecule has 0 unspecified atom stereocenters. The van der Waals surface area contributed by atoms with Crippen LogP contribution in [0.4, 0.5) is 0 Å². The lowest BCUT2D eigenvalue weighted by atomic mass is 10.0. The maximum absolute atomic E-state index is 13.1. The predicted octanol–water partition coefficient (Wildman–Crippen LogP) is 2.55. The maximum atomic E-state index is 13.1. The fourth-order valence-corrected chi connectivity index (χ4v) is 4.76. The van der Waals surface area contributed by atoms with Crippen molar-refractivity contribution in [2.45, 2.75) is 53.0 Å². The number of nitrogens with one attached hydrogen (secondary N) is 1. The van der Waals surface area contributed by atoms with Crippen LogP contribution in [0.2, 0.25) is 0 Å². The second kappa shape index (κ2) is 7.88. The molecule has 142 valence electrons. The molecule has 1 amide bonds. The van der Waals surface area contributed by atoms with Gasteiger partial charge in [-0.15, -0.1) is 11.3 Å². The summed E-state index contributed by atoms with van der Waals surface area (Å²) in [5.74, 6) is 0.883. The molecule has 1 N–H and O–H groups in total. The van der Waals surface area contributed by atoms with E-state index >= 15 is 0 Å². The van der Waals surface area contributed by atoms with Crippen LogP contribution in [0.1, 0.15) is 48.5 Å². The minimum Gasteiger partial charge on any atom is -0.355 e. The lowest BCUT2D eigenvalue weighted by molar-refractivity contribution is -0.122. The van der Waals surface area contributed by atoms with Crippen molar-refractivity contribution in [1.82, 2.24) is 19.8 Å². The third-order valence-electron chi connectivity index (χ3n) is 5.27. The SMILES string of the molecule is CCCNC(=O)CN1CCC(n2c(C)nc3sc(C)c(C)c3c2=O)CC1. The first-order valence-corrected chi connectivity index (χ1v) is 10.2. The van der Waals surface area contributed by atoms with Gasteiger partial charge in [0.25, 0.3) is 5.56 Å². The number of piperidine rings is 1. The smallest absolute Gasteiger partial charge is 0.262 e. The number of carbonyl (C=O) groups is 1. The van der Waals surface area contributed by atoms with Crippen molar-refractivity contribution in [2.75, 3.05) is 26.2 Å². The topological polar surface area (TPSA) is 67.2 Å². The van der Waals surface area contributed by atoms with Crippen LogP contribution in [0.5, 0.6) is 0 Å². The third-order valence-corrected chi connectivity index (χ3v) is 6.37. The number of hydrogen-bond donors (Lipinski definition) is 1. The van der Waals surface area contributed by atoms with Gasteiger partial charge in [-0.1, -0.05) is 6.92 Å². The highest BCUT2D eigenvalue weighted by molar-refractivity contribution is 7.18. The molecule has 0 spiro atoms. The van der Waals surface area contributed by atoms with E-state index in [1.54, 1.807) is 11.3 Å². The van der Waals surface area contributed by atoms with E-state index in [-0.39, 0.29) is 17.5 Å². The molecular weight excluding hydrogens is 348 g/mol. The third kappa shape index (κ3) is 3.69. The Hall–Kier alpha value is -1.73. The molecule has 2 aromatic heterocycles. The number of fused-ring (bicyclic) bond motifs is 1. The molecule has 0 aromatic carbocycles. The number of amides is 1. The molecule has 0 bridgehead atoms. The van der Waals surface area contributed by atoms with E-state index in [0.29, 0.717) is 6.54 Å². The molecule has 0 saturated carbocycles. The van der Waals surface area contributed by atoms with Gasteiger partial charge in [0.1, 0.15) is 10.7 Å². The van der Waals surface area contributed by atoms with Gasteiger partial charge in [-0.2, -0.15) is 0 Å². The summed E-state index contributed by atoms with van der Waals surface area (Å²) in [6, 6.07) is 0.161. The summed E-state index contributed by atoms with van der Waals surface area (Å²) in [4.78, 5) is 33.9. The Morgan fingerprint density at radius 3 is 2.62 bits per heavy atom. The molecule has 1 aliphatic rings.